The topological polar surface area (TPSA) is 71.4 Å². The quantitative estimate of drug-likeness (QED) is 0.727. The van der Waals surface area contributed by atoms with Crippen LogP contribution in [0.1, 0.15) is 33.6 Å². The average Bonchev–Trinajstić information content (AvgIpc) is 3.32. The minimum atomic E-state index is -0.391. The number of likely N-dealkylation sites (tertiary alicyclic amines) is 1. The Kier molecular flexibility index (Phi) is 5.48. The van der Waals surface area contributed by atoms with E-state index in [2.05, 4.69) is 5.32 Å². The summed E-state index contributed by atoms with van der Waals surface area (Å²) in [5.74, 6) is -0.511. The molecule has 1 fully saturated rings. The number of amides is 2. The minimum Gasteiger partial charge on any atom is -0.339 e. The molecule has 0 aliphatic carbocycles. The molecule has 1 aliphatic rings. The number of carbonyl (C=O) groups excluding carboxylic acids is 2. The number of rotatable bonds is 4. The van der Waals surface area contributed by atoms with E-state index in [9.17, 15) is 14.4 Å². The lowest BCUT2D eigenvalue weighted by Gasteiger charge is -2.16. The number of pyridine rings is 1. The van der Waals surface area contributed by atoms with Gasteiger partial charge in [-0.25, -0.2) is 0 Å². The van der Waals surface area contributed by atoms with Crippen molar-refractivity contribution in [1.82, 2.24) is 9.47 Å². The van der Waals surface area contributed by atoms with Gasteiger partial charge in [-0.05, 0) is 42.2 Å². The lowest BCUT2D eigenvalue weighted by molar-refractivity contribution is 0.0791. The maximum Gasteiger partial charge on any atom is 0.274 e. The molecule has 1 aromatic heterocycles. The van der Waals surface area contributed by atoms with Gasteiger partial charge in [-0.3, -0.25) is 14.4 Å². The van der Waals surface area contributed by atoms with Crippen LogP contribution in [0.5, 0.6) is 0 Å². The highest BCUT2D eigenvalue weighted by Crippen LogP contribution is 2.20. The third-order valence-electron chi connectivity index (χ3n) is 5.33. The van der Waals surface area contributed by atoms with Crippen molar-refractivity contribution < 1.29 is 9.59 Å². The van der Waals surface area contributed by atoms with Gasteiger partial charge in [0, 0.05) is 31.9 Å². The molecule has 1 saturated heterocycles. The van der Waals surface area contributed by atoms with Crippen LogP contribution in [0, 0.1) is 0 Å². The Morgan fingerprint density at radius 1 is 0.867 bits per heavy atom. The van der Waals surface area contributed by atoms with Gasteiger partial charge in [-0.1, -0.05) is 42.5 Å². The van der Waals surface area contributed by atoms with Crippen LogP contribution < -0.4 is 10.9 Å². The maximum absolute atomic E-state index is 12.7. The monoisotopic (exact) mass is 401 g/mol. The maximum atomic E-state index is 12.7. The lowest BCUT2D eigenvalue weighted by atomic mass is 10.0. The van der Waals surface area contributed by atoms with E-state index in [1.807, 2.05) is 42.5 Å². The molecule has 0 saturated carbocycles. The zero-order valence-corrected chi connectivity index (χ0v) is 16.8. The summed E-state index contributed by atoms with van der Waals surface area (Å²) in [7, 11) is 1.58. The predicted octanol–water partition coefficient (Wildman–Crippen LogP) is 3.54. The number of anilines is 1. The fourth-order valence-corrected chi connectivity index (χ4v) is 3.66. The number of hydrogen-bond acceptors (Lipinski definition) is 3. The van der Waals surface area contributed by atoms with Gasteiger partial charge in [0.2, 0.25) is 0 Å². The van der Waals surface area contributed by atoms with Crippen LogP contribution in [-0.4, -0.2) is 34.4 Å². The Bertz CT molecular complexity index is 1130. The molecule has 0 atom stereocenters. The molecule has 0 radical (unpaired) electrons. The number of hydrogen-bond donors (Lipinski definition) is 1. The fourth-order valence-electron chi connectivity index (χ4n) is 3.66. The van der Waals surface area contributed by atoms with E-state index >= 15 is 0 Å². The van der Waals surface area contributed by atoms with Crippen LogP contribution in [0.4, 0.5) is 5.69 Å². The summed E-state index contributed by atoms with van der Waals surface area (Å²) in [5.41, 5.74) is 2.64. The summed E-state index contributed by atoms with van der Waals surface area (Å²) < 4.78 is 1.33. The van der Waals surface area contributed by atoms with Crippen LogP contribution in [0.15, 0.2) is 71.7 Å². The van der Waals surface area contributed by atoms with Crippen molar-refractivity contribution in [3.63, 3.8) is 0 Å². The van der Waals surface area contributed by atoms with Crippen molar-refractivity contribution in [1.29, 1.82) is 0 Å². The highest BCUT2D eigenvalue weighted by atomic mass is 16.2. The van der Waals surface area contributed by atoms with Gasteiger partial charge in [0.1, 0.15) is 5.69 Å². The Morgan fingerprint density at radius 3 is 2.17 bits per heavy atom. The third kappa shape index (κ3) is 4.03. The number of carbonyl (C=O) groups is 2. The Labute approximate surface area is 174 Å². The molecule has 6 heteroatoms. The van der Waals surface area contributed by atoms with Gasteiger partial charge in [0.25, 0.3) is 17.4 Å². The molecule has 1 aliphatic heterocycles. The molecule has 0 bridgehead atoms. The number of nitrogens with one attached hydrogen (secondary N) is 1. The lowest BCUT2D eigenvalue weighted by Crippen LogP contribution is -2.30. The van der Waals surface area contributed by atoms with E-state index < -0.39 is 5.91 Å². The van der Waals surface area contributed by atoms with Crippen LogP contribution in [0.2, 0.25) is 0 Å². The van der Waals surface area contributed by atoms with E-state index in [1.54, 1.807) is 24.1 Å². The first kappa shape index (κ1) is 19.6. The van der Waals surface area contributed by atoms with E-state index in [0.29, 0.717) is 11.1 Å². The molecule has 2 amide bonds. The minimum absolute atomic E-state index is 0.0969. The smallest absolute Gasteiger partial charge is 0.274 e. The van der Waals surface area contributed by atoms with E-state index in [1.165, 1.54) is 16.8 Å². The highest BCUT2D eigenvalue weighted by Gasteiger charge is 2.21. The molecule has 1 N–H and O–H groups in total. The van der Waals surface area contributed by atoms with Crippen molar-refractivity contribution in [2.24, 2.45) is 7.05 Å². The van der Waals surface area contributed by atoms with Gasteiger partial charge >= 0.3 is 0 Å². The van der Waals surface area contributed by atoms with E-state index in [-0.39, 0.29) is 17.2 Å². The Hall–Kier alpha value is -3.67. The fraction of sp³-hybridized carbons (Fsp3) is 0.208. The molecular formula is C24H23N3O3. The summed E-state index contributed by atoms with van der Waals surface area (Å²) >= 11 is 0. The summed E-state index contributed by atoms with van der Waals surface area (Å²) in [6.07, 6.45) is 3.49. The van der Waals surface area contributed by atoms with Crippen LogP contribution in [-0.2, 0) is 7.05 Å². The van der Waals surface area contributed by atoms with Gasteiger partial charge in [-0.2, -0.15) is 0 Å². The van der Waals surface area contributed by atoms with E-state index in [4.69, 9.17) is 0 Å². The molecule has 0 spiro atoms. The zero-order chi connectivity index (χ0) is 21.1. The predicted molar refractivity (Wildman–Crippen MR) is 117 cm³/mol. The first-order valence-corrected chi connectivity index (χ1v) is 10.00. The van der Waals surface area contributed by atoms with Crippen molar-refractivity contribution in [2.75, 3.05) is 18.4 Å². The van der Waals surface area contributed by atoms with Crippen LogP contribution >= 0.6 is 0 Å². The van der Waals surface area contributed by atoms with Gasteiger partial charge < -0.3 is 14.8 Å². The van der Waals surface area contributed by atoms with Crippen molar-refractivity contribution >= 4 is 17.5 Å². The molecule has 6 nitrogen and oxygen atoms in total. The molecule has 0 unspecified atom stereocenters. The summed E-state index contributed by atoms with van der Waals surface area (Å²) in [4.78, 5) is 39.7. The Balaban J connectivity index is 1.55. The number of aryl methyl sites for hydroxylation is 1. The second kappa shape index (κ2) is 8.37. The largest absolute Gasteiger partial charge is 0.339 e. The van der Waals surface area contributed by atoms with Crippen molar-refractivity contribution in [3.8, 4) is 11.1 Å². The highest BCUT2D eigenvalue weighted by molar-refractivity contribution is 6.05. The third-order valence-corrected chi connectivity index (χ3v) is 5.33. The van der Waals surface area contributed by atoms with Crippen molar-refractivity contribution in [3.05, 3.63) is 88.3 Å². The summed E-state index contributed by atoms with van der Waals surface area (Å²) in [6.45, 7) is 1.44. The second-order valence-electron chi connectivity index (χ2n) is 7.46. The molecule has 2 aromatic carbocycles. The van der Waals surface area contributed by atoms with E-state index in [0.717, 1.165) is 37.1 Å². The number of benzene rings is 2. The summed E-state index contributed by atoms with van der Waals surface area (Å²) in [6, 6.07) is 18.5. The SMILES string of the molecule is Cn1cc(C(=O)N2CCCC2)cc(NC(=O)c2ccc(-c3ccccc3)cc2)c1=O. The molecule has 4 rings (SSSR count). The van der Waals surface area contributed by atoms with Crippen LogP contribution in [0.25, 0.3) is 11.1 Å². The average molecular weight is 401 g/mol. The second-order valence-corrected chi connectivity index (χ2v) is 7.46. The van der Waals surface area contributed by atoms with Gasteiger partial charge in [-0.15, -0.1) is 0 Å². The molecule has 152 valence electrons. The first-order chi connectivity index (χ1) is 14.5. The molecule has 2 heterocycles. The van der Waals surface area contributed by atoms with Gasteiger partial charge in [0.15, 0.2) is 0 Å². The number of nitrogens with zero attached hydrogens (tertiary/aromatic N) is 2. The van der Waals surface area contributed by atoms with Gasteiger partial charge in [0.05, 0.1) is 5.56 Å². The molecule has 3 aromatic rings. The van der Waals surface area contributed by atoms with Crippen molar-refractivity contribution in [2.45, 2.75) is 12.8 Å². The summed E-state index contributed by atoms with van der Waals surface area (Å²) in [5, 5.41) is 2.67. The first-order valence-electron chi connectivity index (χ1n) is 10.00. The molecular weight excluding hydrogens is 378 g/mol. The standard InChI is InChI=1S/C24H23N3O3/c1-26-16-20(23(29)27-13-5-6-14-27)15-21(24(26)30)25-22(28)19-11-9-18(10-12-19)17-7-3-2-4-8-17/h2-4,7-12,15-16H,5-6,13-14H2,1H3,(H,25,28). The molecule has 30 heavy (non-hydrogen) atoms. The Morgan fingerprint density at radius 2 is 1.50 bits per heavy atom. The normalized spacial score (nSPS) is 13.3. The number of aromatic nitrogens is 1. The zero-order valence-electron chi connectivity index (χ0n) is 16.8. The van der Waals surface area contributed by atoms with Crippen LogP contribution in [0.3, 0.4) is 0 Å².